The first-order chi connectivity index (χ1) is 10.3. The van der Waals surface area contributed by atoms with Crippen LogP contribution in [-0.2, 0) is 14.3 Å². The molecule has 0 aliphatic carbocycles. The molecule has 22 heavy (non-hydrogen) atoms. The first-order valence-electron chi connectivity index (χ1n) is 6.15. The summed E-state index contributed by atoms with van der Waals surface area (Å²) in [5, 5.41) is 21.7. The van der Waals surface area contributed by atoms with Gasteiger partial charge in [0.05, 0.1) is 34.6 Å². The van der Waals surface area contributed by atoms with Crippen molar-refractivity contribution in [2.24, 2.45) is 5.92 Å². The lowest BCUT2D eigenvalue weighted by molar-refractivity contribution is -0.394. The maximum absolute atomic E-state index is 11.9. The normalized spacial score (nSPS) is 17.4. The van der Waals surface area contributed by atoms with E-state index in [1.807, 2.05) is 0 Å². The second-order valence-electron chi connectivity index (χ2n) is 4.65. The third-order valence-corrected chi connectivity index (χ3v) is 3.28. The van der Waals surface area contributed by atoms with Gasteiger partial charge in [-0.1, -0.05) is 0 Å². The monoisotopic (exact) mass is 309 g/mol. The number of carbonyl (C=O) groups excluding carboxylic acids is 2. The smallest absolute Gasteiger partial charge is 0.311 e. The largest absolute Gasteiger partial charge is 0.469 e. The fourth-order valence-electron chi connectivity index (χ4n) is 2.23. The molecule has 0 spiro atoms. The SMILES string of the molecule is COC(=O)C1CC(=O)N(c2cc([N+](=O)[O-])cc([N+](=O)[O-])c2)C1. The van der Waals surface area contributed by atoms with E-state index in [2.05, 4.69) is 4.74 Å². The molecule has 116 valence electrons. The number of rotatable bonds is 4. The first kappa shape index (κ1) is 15.4. The number of nitrogens with zero attached hydrogens (tertiary/aromatic N) is 3. The molecule has 0 saturated carbocycles. The van der Waals surface area contributed by atoms with E-state index in [4.69, 9.17) is 0 Å². The first-order valence-corrected chi connectivity index (χ1v) is 6.15. The molecule has 0 aromatic heterocycles. The highest BCUT2D eigenvalue weighted by atomic mass is 16.6. The van der Waals surface area contributed by atoms with Crippen LogP contribution in [0.15, 0.2) is 18.2 Å². The molecule has 10 nitrogen and oxygen atoms in total. The molecule has 1 saturated heterocycles. The number of hydrogen-bond donors (Lipinski definition) is 0. The highest BCUT2D eigenvalue weighted by Crippen LogP contribution is 2.32. The summed E-state index contributed by atoms with van der Waals surface area (Å²) in [5.41, 5.74) is -0.991. The molecule has 1 aromatic carbocycles. The van der Waals surface area contributed by atoms with Gasteiger partial charge in [-0.05, 0) is 0 Å². The maximum atomic E-state index is 11.9. The van der Waals surface area contributed by atoms with Gasteiger partial charge < -0.3 is 9.64 Å². The Morgan fingerprint density at radius 2 is 1.77 bits per heavy atom. The Morgan fingerprint density at radius 1 is 1.23 bits per heavy atom. The fourth-order valence-corrected chi connectivity index (χ4v) is 2.23. The van der Waals surface area contributed by atoms with Crippen molar-refractivity contribution in [1.29, 1.82) is 0 Å². The van der Waals surface area contributed by atoms with Crippen LogP contribution < -0.4 is 4.90 Å². The van der Waals surface area contributed by atoms with Crippen LogP contribution in [0, 0.1) is 26.1 Å². The van der Waals surface area contributed by atoms with Gasteiger partial charge >= 0.3 is 5.97 Å². The minimum atomic E-state index is -0.783. The molecule has 1 aliphatic heterocycles. The summed E-state index contributed by atoms with van der Waals surface area (Å²) in [7, 11) is 1.19. The summed E-state index contributed by atoms with van der Waals surface area (Å²) in [4.78, 5) is 44.7. The molecule has 1 amide bonds. The number of nitro groups is 2. The van der Waals surface area contributed by atoms with Crippen molar-refractivity contribution in [2.45, 2.75) is 6.42 Å². The van der Waals surface area contributed by atoms with Crippen LogP contribution in [-0.4, -0.2) is 35.4 Å². The van der Waals surface area contributed by atoms with Gasteiger partial charge in [0.2, 0.25) is 5.91 Å². The van der Waals surface area contributed by atoms with Gasteiger partial charge in [-0.15, -0.1) is 0 Å². The highest BCUT2D eigenvalue weighted by molar-refractivity contribution is 5.99. The van der Waals surface area contributed by atoms with E-state index in [1.165, 1.54) is 7.11 Å². The second kappa shape index (κ2) is 5.76. The standard InChI is InChI=1S/C12H11N3O7/c1-22-12(17)7-2-11(16)13(6-7)8-3-9(14(18)19)5-10(4-8)15(20)21/h3-5,7H,2,6H2,1H3. The van der Waals surface area contributed by atoms with Gasteiger partial charge in [0.15, 0.2) is 0 Å². The van der Waals surface area contributed by atoms with Crippen molar-refractivity contribution in [2.75, 3.05) is 18.6 Å². The Balaban J connectivity index is 2.39. The van der Waals surface area contributed by atoms with Gasteiger partial charge in [0.1, 0.15) is 0 Å². The van der Waals surface area contributed by atoms with Gasteiger partial charge in [-0.2, -0.15) is 0 Å². The molecule has 1 unspecified atom stereocenters. The molecule has 0 bridgehead atoms. The summed E-state index contributed by atoms with van der Waals surface area (Å²) in [5.74, 6) is -1.73. The van der Waals surface area contributed by atoms with Crippen LogP contribution in [0.2, 0.25) is 0 Å². The van der Waals surface area contributed by atoms with E-state index in [0.717, 1.165) is 23.1 Å². The zero-order valence-corrected chi connectivity index (χ0v) is 11.4. The Bertz CT molecular complexity index is 640. The summed E-state index contributed by atoms with van der Waals surface area (Å²) < 4.78 is 4.56. The van der Waals surface area contributed by atoms with E-state index >= 15 is 0 Å². The predicted octanol–water partition coefficient (Wildman–Crippen LogP) is 1.03. The number of anilines is 1. The third kappa shape index (κ3) is 2.85. The van der Waals surface area contributed by atoms with Crippen molar-refractivity contribution < 1.29 is 24.2 Å². The van der Waals surface area contributed by atoms with Crippen LogP contribution in [0.25, 0.3) is 0 Å². The molecule has 2 rings (SSSR count). The number of benzene rings is 1. The zero-order valence-electron chi connectivity index (χ0n) is 11.4. The summed E-state index contributed by atoms with van der Waals surface area (Å²) in [6.45, 7) is -0.0379. The molecular weight excluding hydrogens is 298 g/mol. The van der Waals surface area contributed by atoms with Crippen LogP contribution in [0.1, 0.15) is 6.42 Å². The van der Waals surface area contributed by atoms with Crippen LogP contribution >= 0.6 is 0 Å². The Morgan fingerprint density at radius 3 is 2.23 bits per heavy atom. The van der Waals surface area contributed by atoms with Gasteiger partial charge in [-0.3, -0.25) is 29.8 Å². The molecular formula is C12H11N3O7. The third-order valence-electron chi connectivity index (χ3n) is 3.28. The number of hydrogen-bond acceptors (Lipinski definition) is 7. The lowest BCUT2D eigenvalue weighted by Gasteiger charge is -2.16. The van der Waals surface area contributed by atoms with Crippen molar-refractivity contribution in [3.63, 3.8) is 0 Å². The minimum Gasteiger partial charge on any atom is -0.469 e. The maximum Gasteiger partial charge on any atom is 0.311 e. The average molecular weight is 309 g/mol. The number of carbonyl (C=O) groups is 2. The van der Waals surface area contributed by atoms with Crippen molar-refractivity contribution >= 4 is 28.9 Å². The topological polar surface area (TPSA) is 133 Å². The molecule has 1 heterocycles. The van der Waals surface area contributed by atoms with E-state index < -0.39 is 39.0 Å². The fraction of sp³-hybridized carbons (Fsp3) is 0.333. The number of methoxy groups -OCH3 is 1. The molecule has 1 fully saturated rings. The zero-order chi connectivity index (χ0) is 16.4. The number of esters is 1. The molecule has 10 heteroatoms. The number of nitro benzene ring substituents is 2. The molecule has 0 N–H and O–H groups in total. The second-order valence-corrected chi connectivity index (χ2v) is 4.65. The quantitative estimate of drug-likeness (QED) is 0.460. The van der Waals surface area contributed by atoms with Crippen LogP contribution in [0.5, 0.6) is 0 Å². The van der Waals surface area contributed by atoms with E-state index in [1.54, 1.807) is 0 Å². The van der Waals surface area contributed by atoms with Crippen molar-refractivity contribution in [3.05, 3.63) is 38.4 Å². The van der Waals surface area contributed by atoms with Gasteiger partial charge in [0.25, 0.3) is 11.4 Å². The lowest BCUT2D eigenvalue weighted by Crippen LogP contribution is -2.26. The minimum absolute atomic E-state index is 0.0114. The number of non-ortho nitro benzene ring substituents is 2. The number of amides is 1. The van der Waals surface area contributed by atoms with Gasteiger partial charge in [0, 0.05) is 25.1 Å². The summed E-state index contributed by atoms with van der Waals surface area (Å²) in [6, 6.07) is 2.93. The average Bonchev–Trinajstić information content (AvgIpc) is 2.87. The summed E-state index contributed by atoms with van der Waals surface area (Å²) in [6.07, 6.45) is -0.108. The Labute approximate surface area is 123 Å². The van der Waals surface area contributed by atoms with Gasteiger partial charge in [-0.25, -0.2) is 0 Å². The van der Waals surface area contributed by atoms with E-state index in [-0.39, 0.29) is 18.7 Å². The Hall–Kier alpha value is -3.04. The predicted molar refractivity (Wildman–Crippen MR) is 72.2 cm³/mol. The van der Waals surface area contributed by atoms with E-state index in [0.29, 0.717) is 0 Å². The van der Waals surface area contributed by atoms with Crippen molar-refractivity contribution in [3.8, 4) is 0 Å². The van der Waals surface area contributed by atoms with E-state index in [9.17, 15) is 29.8 Å². The molecule has 0 radical (unpaired) electrons. The molecule has 1 atom stereocenters. The molecule has 1 aromatic rings. The Kier molecular flexibility index (Phi) is 4.02. The van der Waals surface area contributed by atoms with Crippen molar-refractivity contribution in [1.82, 2.24) is 0 Å². The lowest BCUT2D eigenvalue weighted by atomic mass is 10.1. The molecule has 1 aliphatic rings. The summed E-state index contributed by atoms with van der Waals surface area (Å²) >= 11 is 0. The highest BCUT2D eigenvalue weighted by Gasteiger charge is 2.37. The van der Waals surface area contributed by atoms with Crippen LogP contribution in [0.4, 0.5) is 17.1 Å². The number of ether oxygens (including phenoxy) is 1. The van der Waals surface area contributed by atoms with Crippen LogP contribution in [0.3, 0.4) is 0 Å².